The van der Waals surface area contributed by atoms with Crippen LogP contribution in [0.3, 0.4) is 0 Å². The Bertz CT molecular complexity index is 1510. The molecule has 0 spiro atoms. The molecule has 0 unspecified atom stereocenters. The molecular formula is C29H33N3O5S2. The molecule has 8 nitrogen and oxygen atoms in total. The van der Waals surface area contributed by atoms with Crippen LogP contribution >= 0.6 is 11.3 Å². The van der Waals surface area contributed by atoms with Gasteiger partial charge in [0.25, 0.3) is 0 Å². The number of hydrogen-bond donors (Lipinski definition) is 1. The molecule has 1 amide bonds. The number of carbonyl (C=O) groups excluding carboxylic acids is 1. The number of piperazine rings is 1. The molecule has 2 aliphatic rings. The Kier molecular flexibility index (Phi) is 7.63. The second-order valence-electron chi connectivity index (χ2n) is 10.6. The Hall–Kier alpha value is -3.08. The van der Waals surface area contributed by atoms with E-state index < -0.39 is 27.9 Å². The standard InChI is InChI=1S/C29H33N3O5S2/c1-18-9-11-22(12-10-18)26-14-24(28(38-26)29(34)35)32-25(21-7-5-4-6-8-21)16-31(17-27(32)33)39(36,37)23-13-19(2)20(3)30-15-23/h9-15,21,25H,4-8,16-17H2,1-3H3,(H,34,35)/t25-/m0/s1. The van der Waals surface area contributed by atoms with E-state index in [1.807, 2.05) is 45.0 Å². The van der Waals surface area contributed by atoms with Gasteiger partial charge in [-0.1, -0.05) is 49.1 Å². The maximum absolute atomic E-state index is 13.8. The highest BCUT2D eigenvalue weighted by atomic mass is 32.2. The first-order valence-corrected chi connectivity index (χ1v) is 15.5. The number of thiophene rings is 1. The summed E-state index contributed by atoms with van der Waals surface area (Å²) in [5.41, 5.74) is 3.84. The molecule has 1 atom stereocenters. The van der Waals surface area contributed by atoms with Crippen molar-refractivity contribution < 1.29 is 23.1 Å². The molecule has 206 valence electrons. The molecular weight excluding hydrogens is 534 g/mol. The molecule has 1 aliphatic carbocycles. The molecule has 0 bridgehead atoms. The lowest BCUT2D eigenvalue weighted by Gasteiger charge is -2.44. The van der Waals surface area contributed by atoms with Crippen molar-refractivity contribution in [3.8, 4) is 10.4 Å². The van der Waals surface area contributed by atoms with E-state index >= 15 is 0 Å². The van der Waals surface area contributed by atoms with E-state index in [4.69, 9.17) is 0 Å². The number of pyridine rings is 1. The number of rotatable bonds is 6. The molecule has 10 heteroatoms. The second-order valence-corrected chi connectivity index (χ2v) is 13.6. The zero-order valence-electron chi connectivity index (χ0n) is 22.4. The third kappa shape index (κ3) is 5.37. The summed E-state index contributed by atoms with van der Waals surface area (Å²) < 4.78 is 28.6. The number of amides is 1. The van der Waals surface area contributed by atoms with E-state index in [2.05, 4.69) is 4.98 Å². The van der Waals surface area contributed by atoms with E-state index in [0.29, 0.717) is 5.69 Å². The van der Waals surface area contributed by atoms with Crippen LogP contribution in [0.2, 0.25) is 0 Å². The fourth-order valence-electron chi connectivity index (χ4n) is 5.62. The minimum absolute atomic E-state index is 0.0673. The molecule has 1 aromatic carbocycles. The van der Waals surface area contributed by atoms with Gasteiger partial charge in [-0.05, 0) is 62.8 Å². The molecule has 2 fully saturated rings. The molecule has 3 aromatic rings. The van der Waals surface area contributed by atoms with Gasteiger partial charge in [0.15, 0.2) is 0 Å². The van der Waals surface area contributed by atoms with Crippen LogP contribution in [0, 0.1) is 26.7 Å². The summed E-state index contributed by atoms with van der Waals surface area (Å²) >= 11 is 1.14. The first kappa shape index (κ1) is 27.5. The fraction of sp³-hybridized carbons (Fsp3) is 0.414. The molecule has 3 heterocycles. The summed E-state index contributed by atoms with van der Waals surface area (Å²) in [5, 5.41) is 10.1. The van der Waals surface area contributed by atoms with Gasteiger partial charge >= 0.3 is 5.97 Å². The minimum Gasteiger partial charge on any atom is -0.477 e. The van der Waals surface area contributed by atoms with Gasteiger partial charge in [-0.2, -0.15) is 4.31 Å². The second kappa shape index (κ2) is 10.8. The first-order chi connectivity index (χ1) is 18.6. The molecule has 0 radical (unpaired) electrons. The molecule has 5 rings (SSSR count). The Morgan fingerprint density at radius 1 is 1.05 bits per heavy atom. The third-order valence-corrected chi connectivity index (χ3v) is 10.9. The minimum atomic E-state index is -3.97. The number of benzene rings is 1. The molecule has 1 saturated heterocycles. The Morgan fingerprint density at radius 2 is 1.74 bits per heavy atom. The maximum Gasteiger partial charge on any atom is 0.348 e. The van der Waals surface area contributed by atoms with Gasteiger partial charge in [-0.25, -0.2) is 13.2 Å². The SMILES string of the molecule is Cc1ccc(-c2cc(N3C(=O)CN(S(=O)(=O)c4cnc(C)c(C)c4)C[C@H]3C3CCCCC3)c(C(=O)O)s2)cc1. The lowest BCUT2D eigenvalue weighted by molar-refractivity contribution is -0.121. The zero-order valence-corrected chi connectivity index (χ0v) is 24.0. The summed E-state index contributed by atoms with van der Waals surface area (Å²) in [7, 11) is -3.97. The summed E-state index contributed by atoms with van der Waals surface area (Å²) in [4.78, 5) is 33.0. The van der Waals surface area contributed by atoms with Gasteiger partial charge in [0, 0.05) is 23.3 Å². The van der Waals surface area contributed by atoms with Gasteiger partial charge in [0.05, 0.1) is 18.3 Å². The highest BCUT2D eigenvalue weighted by Gasteiger charge is 2.44. The number of aromatic nitrogens is 1. The lowest BCUT2D eigenvalue weighted by Crippen LogP contribution is -2.60. The van der Waals surface area contributed by atoms with E-state index in [-0.39, 0.29) is 28.8 Å². The van der Waals surface area contributed by atoms with Crippen LogP contribution < -0.4 is 4.90 Å². The zero-order chi connectivity index (χ0) is 27.9. The first-order valence-electron chi connectivity index (χ1n) is 13.3. The number of sulfonamides is 1. The van der Waals surface area contributed by atoms with Crippen molar-refractivity contribution >= 4 is 38.9 Å². The summed E-state index contributed by atoms with van der Waals surface area (Å²) in [6.45, 7) is 5.37. The van der Waals surface area contributed by atoms with E-state index in [1.165, 1.54) is 10.5 Å². The number of carboxylic acid groups (broad SMARTS) is 1. The quantitative estimate of drug-likeness (QED) is 0.426. The van der Waals surface area contributed by atoms with Crippen molar-refractivity contribution in [3.63, 3.8) is 0 Å². The normalized spacial score (nSPS) is 19.4. The van der Waals surface area contributed by atoms with Gasteiger partial charge in [0.2, 0.25) is 15.9 Å². The van der Waals surface area contributed by atoms with Crippen molar-refractivity contribution in [1.82, 2.24) is 9.29 Å². The van der Waals surface area contributed by atoms with Crippen LogP contribution in [0.15, 0.2) is 47.5 Å². The largest absolute Gasteiger partial charge is 0.477 e. The van der Waals surface area contributed by atoms with E-state index in [1.54, 1.807) is 17.0 Å². The van der Waals surface area contributed by atoms with Crippen molar-refractivity contribution in [2.75, 3.05) is 18.0 Å². The van der Waals surface area contributed by atoms with Crippen LogP contribution in [-0.2, 0) is 14.8 Å². The lowest BCUT2D eigenvalue weighted by atomic mass is 9.82. The average molecular weight is 568 g/mol. The number of carbonyl (C=O) groups is 2. The highest BCUT2D eigenvalue weighted by molar-refractivity contribution is 7.89. The number of aromatic carboxylic acids is 1. The Morgan fingerprint density at radius 3 is 2.38 bits per heavy atom. The van der Waals surface area contributed by atoms with Gasteiger partial charge in [0.1, 0.15) is 9.77 Å². The van der Waals surface area contributed by atoms with Crippen molar-refractivity contribution in [2.24, 2.45) is 5.92 Å². The Labute approximate surface area is 233 Å². The van der Waals surface area contributed by atoms with Crippen LogP contribution in [0.5, 0.6) is 0 Å². The Balaban J connectivity index is 1.56. The number of anilines is 1. The van der Waals surface area contributed by atoms with E-state index in [0.717, 1.165) is 70.7 Å². The predicted octanol–water partition coefficient (Wildman–Crippen LogP) is 5.42. The van der Waals surface area contributed by atoms with E-state index in [9.17, 15) is 23.1 Å². The van der Waals surface area contributed by atoms with Crippen molar-refractivity contribution in [3.05, 3.63) is 64.3 Å². The molecule has 2 aromatic heterocycles. The highest BCUT2D eigenvalue weighted by Crippen LogP contribution is 2.42. The molecule has 39 heavy (non-hydrogen) atoms. The number of carboxylic acids is 1. The molecule has 1 N–H and O–H groups in total. The number of nitrogens with zero attached hydrogens (tertiary/aromatic N) is 3. The van der Waals surface area contributed by atoms with Crippen molar-refractivity contribution in [1.29, 1.82) is 0 Å². The van der Waals surface area contributed by atoms with Crippen LogP contribution in [0.1, 0.15) is 58.6 Å². The maximum atomic E-state index is 13.8. The third-order valence-electron chi connectivity index (χ3n) is 7.95. The van der Waals surface area contributed by atoms with Gasteiger partial charge in [-0.3, -0.25) is 9.78 Å². The monoisotopic (exact) mass is 567 g/mol. The van der Waals surface area contributed by atoms with Crippen LogP contribution in [-0.4, -0.2) is 53.8 Å². The fourth-order valence-corrected chi connectivity index (χ4v) is 8.06. The summed E-state index contributed by atoms with van der Waals surface area (Å²) in [5.74, 6) is -1.43. The van der Waals surface area contributed by atoms with Gasteiger partial charge < -0.3 is 10.0 Å². The number of aryl methyl sites for hydroxylation is 3. The summed E-state index contributed by atoms with van der Waals surface area (Å²) in [6, 6.07) is 10.7. The molecule has 1 aliphatic heterocycles. The predicted molar refractivity (Wildman–Crippen MR) is 152 cm³/mol. The van der Waals surface area contributed by atoms with Crippen LogP contribution in [0.25, 0.3) is 10.4 Å². The van der Waals surface area contributed by atoms with Crippen LogP contribution in [0.4, 0.5) is 5.69 Å². The number of hydrogen-bond acceptors (Lipinski definition) is 6. The van der Waals surface area contributed by atoms with Gasteiger partial charge in [-0.15, -0.1) is 11.3 Å². The summed E-state index contributed by atoms with van der Waals surface area (Å²) in [6.07, 6.45) is 6.18. The molecule has 1 saturated carbocycles. The van der Waals surface area contributed by atoms with Crippen molar-refractivity contribution in [2.45, 2.75) is 63.8 Å². The smallest absolute Gasteiger partial charge is 0.348 e. The average Bonchev–Trinajstić information content (AvgIpc) is 3.36. The topological polar surface area (TPSA) is 108 Å².